The predicted molar refractivity (Wildman–Crippen MR) is 77.7 cm³/mol. The number of hydrogen-bond donors (Lipinski definition) is 1. The van der Waals surface area contributed by atoms with E-state index in [1.54, 1.807) is 0 Å². The first kappa shape index (κ1) is 15.7. The van der Waals surface area contributed by atoms with Crippen LogP contribution >= 0.6 is 0 Å². The largest absolute Gasteiger partial charge is 0.468 e. The summed E-state index contributed by atoms with van der Waals surface area (Å²) in [5, 5.41) is 3.39. The van der Waals surface area contributed by atoms with Crippen LogP contribution < -0.4 is 5.32 Å². The Kier molecular flexibility index (Phi) is 5.41. The molecule has 116 valence electrons. The molecule has 0 bridgehead atoms. The molecule has 0 aromatic rings. The molecule has 1 heterocycles. The summed E-state index contributed by atoms with van der Waals surface area (Å²) in [5.41, 5.74) is -0.500. The van der Waals surface area contributed by atoms with Crippen LogP contribution in [-0.4, -0.2) is 62.4 Å². The summed E-state index contributed by atoms with van der Waals surface area (Å²) in [6.45, 7) is 4.51. The van der Waals surface area contributed by atoms with E-state index in [1.807, 2.05) is 6.92 Å². The minimum atomic E-state index is -0.500. The lowest BCUT2D eigenvalue weighted by Crippen LogP contribution is -2.59. The van der Waals surface area contributed by atoms with Crippen molar-refractivity contribution in [1.82, 2.24) is 10.2 Å². The van der Waals surface area contributed by atoms with Crippen LogP contribution in [-0.2, 0) is 14.3 Å². The van der Waals surface area contributed by atoms with Crippen LogP contribution in [0.2, 0.25) is 0 Å². The first-order valence-corrected chi connectivity index (χ1v) is 7.76. The summed E-state index contributed by atoms with van der Waals surface area (Å²) in [7, 11) is 3.66. The fourth-order valence-corrected chi connectivity index (χ4v) is 3.69. The van der Waals surface area contributed by atoms with E-state index in [-0.39, 0.29) is 5.97 Å². The van der Waals surface area contributed by atoms with Gasteiger partial charge in [-0.15, -0.1) is 0 Å². The fraction of sp³-hybridized carbons (Fsp3) is 0.933. The highest BCUT2D eigenvalue weighted by Gasteiger charge is 2.45. The van der Waals surface area contributed by atoms with Gasteiger partial charge in [0.1, 0.15) is 5.54 Å². The molecule has 0 aromatic heterocycles. The Morgan fingerprint density at radius 1 is 1.45 bits per heavy atom. The zero-order chi connectivity index (χ0) is 14.6. The van der Waals surface area contributed by atoms with Crippen LogP contribution in [0.5, 0.6) is 0 Å². The second kappa shape index (κ2) is 6.87. The van der Waals surface area contributed by atoms with Crippen molar-refractivity contribution < 1.29 is 14.3 Å². The minimum absolute atomic E-state index is 0.111. The average molecular weight is 284 g/mol. The zero-order valence-corrected chi connectivity index (χ0v) is 13.0. The zero-order valence-electron chi connectivity index (χ0n) is 13.0. The number of methoxy groups -OCH3 is 1. The summed E-state index contributed by atoms with van der Waals surface area (Å²) in [4.78, 5) is 14.7. The van der Waals surface area contributed by atoms with Crippen LogP contribution in [0.3, 0.4) is 0 Å². The van der Waals surface area contributed by atoms with Crippen molar-refractivity contribution in [3.63, 3.8) is 0 Å². The molecule has 3 atom stereocenters. The van der Waals surface area contributed by atoms with Crippen molar-refractivity contribution in [2.45, 2.75) is 56.7 Å². The lowest BCUT2D eigenvalue weighted by atomic mass is 9.78. The van der Waals surface area contributed by atoms with Gasteiger partial charge >= 0.3 is 5.97 Å². The van der Waals surface area contributed by atoms with Crippen LogP contribution in [0.15, 0.2) is 0 Å². The molecule has 1 saturated heterocycles. The summed E-state index contributed by atoms with van der Waals surface area (Å²) in [6, 6.07) is 0.920. The van der Waals surface area contributed by atoms with E-state index in [2.05, 4.69) is 17.3 Å². The van der Waals surface area contributed by atoms with E-state index in [1.165, 1.54) is 7.11 Å². The SMILES string of the molecule is CCNC1(C(=O)OC)CCCC(N(C)C2CCOC2)C1. The van der Waals surface area contributed by atoms with E-state index < -0.39 is 5.54 Å². The van der Waals surface area contributed by atoms with E-state index in [0.29, 0.717) is 12.1 Å². The van der Waals surface area contributed by atoms with Crippen molar-refractivity contribution >= 4 is 5.97 Å². The molecule has 0 spiro atoms. The molecule has 2 fully saturated rings. The fourth-order valence-electron chi connectivity index (χ4n) is 3.69. The first-order valence-electron chi connectivity index (χ1n) is 7.76. The number of likely N-dealkylation sites (N-methyl/N-ethyl adjacent to an activating group) is 2. The number of nitrogens with zero attached hydrogens (tertiary/aromatic N) is 1. The molecule has 1 saturated carbocycles. The van der Waals surface area contributed by atoms with Gasteiger partial charge in [-0.25, -0.2) is 0 Å². The quantitative estimate of drug-likeness (QED) is 0.768. The van der Waals surface area contributed by atoms with Crippen molar-refractivity contribution in [1.29, 1.82) is 0 Å². The number of esters is 1. The molecule has 0 aromatic carbocycles. The summed E-state index contributed by atoms with van der Waals surface area (Å²) in [5.74, 6) is -0.111. The topological polar surface area (TPSA) is 50.8 Å². The van der Waals surface area contributed by atoms with Gasteiger partial charge in [-0.1, -0.05) is 6.92 Å². The van der Waals surface area contributed by atoms with Crippen molar-refractivity contribution in [2.24, 2.45) is 0 Å². The molecule has 1 N–H and O–H groups in total. The van der Waals surface area contributed by atoms with Gasteiger partial charge in [-0.2, -0.15) is 0 Å². The number of carbonyl (C=O) groups is 1. The number of rotatable bonds is 5. The smallest absolute Gasteiger partial charge is 0.326 e. The van der Waals surface area contributed by atoms with Crippen LogP contribution in [0, 0.1) is 0 Å². The highest BCUT2D eigenvalue weighted by molar-refractivity contribution is 5.81. The predicted octanol–water partition coefficient (Wildman–Crippen LogP) is 1.17. The third-order valence-corrected chi connectivity index (χ3v) is 4.87. The maximum atomic E-state index is 12.2. The normalized spacial score (nSPS) is 34.4. The van der Waals surface area contributed by atoms with E-state index >= 15 is 0 Å². The highest BCUT2D eigenvalue weighted by Crippen LogP contribution is 2.33. The van der Waals surface area contributed by atoms with Gasteiger partial charge in [0.05, 0.1) is 13.7 Å². The van der Waals surface area contributed by atoms with Gasteiger partial charge < -0.3 is 14.8 Å². The van der Waals surface area contributed by atoms with E-state index in [0.717, 1.165) is 51.9 Å². The molecule has 2 rings (SSSR count). The third kappa shape index (κ3) is 3.15. The van der Waals surface area contributed by atoms with Crippen LogP contribution in [0.25, 0.3) is 0 Å². The Hall–Kier alpha value is -0.650. The standard InChI is InChI=1S/C15H28N2O3/c1-4-16-15(14(18)19-3)8-5-6-12(10-15)17(2)13-7-9-20-11-13/h12-13,16H,4-11H2,1-3H3. The number of nitrogens with one attached hydrogen (secondary N) is 1. The molecule has 5 heteroatoms. The second-order valence-corrected chi connectivity index (χ2v) is 6.04. The lowest BCUT2D eigenvalue weighted by Gasteiger charge is -2.43. The second-order valence-electron chi connectivity index (χ2n) is 6.04. The van der Waals surface area contributed by atoms with Gasteiger partial charge in [0, 0.05) is 18.7 Å². The molecular formula is C15H28N2O3. The van der Waals surface area contributed by atoms with Crippen molar-refractivity contribution in [3.8, 4) is 0 Å². The molecule has 1 aliphatic carbocycles. The van der Waals surface area contributed by atoms with Crippen LogP contribution in [0.4, 0.5) is 0 Å². The summed E-state index contributed by atoms with van der Waals surface area (Å²) < 4.78 is 10.5. The lowest BCUT2D eigenvalue weighted by molar-refractivity contribution is -0.151. The molecular weight excluding hydrogens is 256 g/mol. The Balaban J connectivity index is 2.06. The minimum Gasteiger partial charge on any atom is -0.468 e. The van der Waals surface area contributed by atoms with Gasteiger partial charge in [0.25, 0.3) is 0 Å². The Morgan fingerprint density at radius 2 is 2.25 bits per heavy atom. The molecule has 2 aliphatic rings. The Morgan fingerprint density at radius 3 is 2.85 bits per heavy atom. The number of carbonyl (C=O) groups excluding carboxylic acids is 1. The number of ether oxygens (including phenoxy) is 2. The van der Waals surface area contributed by atoms with Crippen LogP contribution in [0.1, 0.15) is 39.0 Å². The molecule has 0 radical (unpaired) electrons. The first-order chi connectivity index (χ1) is 9.63. The Labute approximate surface area is 122 Å². The van der Waals surface area contributed by atoms with Gasteiger partial charge in [-0.3, -0.25) is 9.69 Å². The highest BCUT2D eigenvalue weighted by atomic mass is 16.5. The van der Waals surface area contributed by atoms with Crippen molar-refractivity contribution in [2.75, 3.05) is 33.9 Å². The molecule has 5 nitrogen and oxygen atoms in total. The molecule has 0 amide bonds. The van der Waals surface area contributed by atoms with E-state index in [4.69, 9.17) is 9.47 Å². The maximum absolute atomic E-state index is 12.2. The van der Waals surface area contributed by atoms with Gasteiger partial charge in [0.15, 0.2) is 0 Å². The monoisotopic (exact) mass is 284 g/mol. The molecule has 1 aliphatic heterocycles. The van der Waals surface area contributed by atoms with Gasteiger partial charge in [0.2, 0.25) is 0 Å². The van der Waals surface area contributed by atoms with E-state index in [9.17, 15) is 4.79 Å². The van der Waals surface area contributed by atoms with Crippen molar-refractivity contribution in [3.05, 3.63) is 0 Å². The number of hydrogen-bond acceptors (Lipinski definition) is 5. The third-order valence-electron chi connectivity index (χ3n) is 4.87. The Bertz CT molecular complexity index is 327. The average Bonchev–Trinajstić information content (AvgIpc) is 3.00. The molecule has 20 heavy (non-hydrogen) atoms. The summed E-state index contributed by atoms with van der Waals surface area (Å²) in [6.07, 6.45) is 5.01. The summed E-state index contributed by atoms with van der Waals surface area (Å²) >= 11 is 0. The van der Waals surface area contributed by atoms with Gasteiger partial charge in [-0.05, 0) is 45.7 Å². The maximum Gasteiger partial charge on any atom is 0.326 e. The molecule has 3 unspecified atom stereocenters.